The van der Waals surface area contributed by atoms with Crippen molar-refractivity contribution in [3.63, 3.8) is 0 Å². The van der Waals surface area contributed by atoms with Crippen molar-refractivity contribution in [1.29, 1.82) is 0 Å². The maximum Gasteiger partial charge on any atom is 0.412 e. The minimum absolute atomic E-state index is 0.146. The molecule has 0 unspecified atom stereocenters. The summed E-state index contributed by atoms with van der Waals surface area (Å²) in [5, 5.41) is 3.15. The Morgan fingerprint density at radius 2 is 2.38 bits per heavy atom. The van der Waals surface area contributed by atoms with Gasteiger partial charge in [-0.15, -0.1) is 11.8 Å². The fourth-order valence-corrected chi connectivity index (χ4v) is 5.04. The van der Waals surface area contributed by atoms with Gasteiger partial charge in [-0.2, -0.15) is 0 Å². The topological polar surface area (TPSA) is 41.6 Å². The molecule has 2 heterocycles. The molecule has 1 saturated heterocycles. The van der Waals surface area contributed by atoms with Gasteiger partial charge < -0.3 is 10.1 Å². The number of fused-ring (bicyclic) bond motifs is 3. The molecule has 1 fully saturated rings. The van der Waals surface area contributed by atoms with E-state index in [-0.39, 0.29) is 11.5 Å². The minimum Gasteiger partial charge on any atom is -0.410 e. The molecule has 2 atom stereocenters. The van der Waals surface area contributed by atoms with Crippen molar-refractivity contribution in [2.24, 2.45) is 0 Å². The summed E-state index contributed by atoms with van der Waals surface area (Å²) < 4.78 is 5.36. The first-order valence-electron chi connectivity index (χ1n) is 7.51. The largest absolute Gasteiger partial charge is 0.412 e. The molecule has 1 aromatic rings. The van der Waals surface area contributed by atoms with Crippen LogP contribution in [-0.2, 0) is 5.41 Å². The Labute approximate surface area is 130 Å². The van der Waals surface area contributed by atoms with Crippen LogP contribution >= 0.6 is 11.8 Å². The summed E-state index contributed by atoms with van der Waals surface area (Å²) in [6.07, 6.45) is 2.02. The molecule has 0 aliphatic carbocycles. The van der Waals surface area contributed by atoms with Crippen LogP contribution in [0.4, 0.5) is 4.79 Å². The number of carbonyl (C=O) groups is 1. The number of hydrogen-bond donors (Lipinski definition) is 1. The third-order valence-electron chi connectivity index (χ3n) is 4.49. The van der Waals surface area contributed by atoms with Gasteiger partial charge in [-0.3, -0.25) is 4.90 Å². The van der Waals surface area contributed by atoms with Crippen LogP contribution in [-0.4, -0.2) is 36.5 Å². The standard InChI is InChI=1S/C16H22N2O2S/c1-4-17-15(19)20-11-6-7-13-12(10-11)16(2)8-5-9-18(3)14(16)21-13/h6-7,10,14H,4-5,8-9H2,1-3H3,(H,17,19)/t14-,16+/m1/s1. The smallest absolute Gasteiger partial charge is 0.410 e. The number of rotatable bonds is 2. The number of thioether (sulfide) groups is 1. The third kappa shape index (κ3) is 2.53. The van der Waals surface area contributed by atoms with Crippen molar-refractivity contribution in [3.05, 3.63) is 23.8 Å². The van der Waals surface area contributed by atoms with Crippen LogP contribution in [0.25, 0.3) is 0 Å². The number of hydrogen-bond acceptors (Lipinski definition) is 4. The molecule has 2 aliphatic rings. The van der Waals surface area contributed by atoms with Crippen molar-refractivity contribution >= 4 is 17.9 Å². The zero-order valence-electron chi connectivity index (χ0n) is 12.8. The highest BCUT2D eigenvalue weighted by Crippen LogP contribution is 2.55. The fraction of sp³-hybridized carbons (Fsp3) is 0.562. The average molecular weight is 306 g/mol. The Morgan fingerprint density at radius 3 is 3.14 bits per heavy atom. The molecule has 5 heteroatoms. The van der Waals surface area contributed by atoms with E-state index in [0.717, 1.165) is 6.54 Å². The Balaban J connectivity index is 1.88. The minimum atomic E-state index is -0.384. The van der Waals surface area contributed by atoms with Gasteiger partial charge in [0.1, 0.15) is 5.75 Å². The van der Waals surface area contributed by atoms with Gasteiger partial charge in [0.05, 0.1) is 5.37 Å². The monoisotopic (exact) mass is 306 g/mol. The Hall–Kier alpha value is -1.20. The molecule has 0 saturated carbocycles. The van der Waals surface area contributed by atoms with E-state index in [1.54, 1.807) is 0 Å². The summed E-state index contributed by atoms with van der Waals surface area (Å²) in [7, 11) is 2.20. The molecule has 2 aliphatic heterocycles. The highest BCUT2D eigenvalue weighted by atomic mass is 32.2. The molecule has 0 bridgehead atoms. The van der Waals surface area contributed by atoms with Gasteiger partial charge in [0, 0.05) is 16.9 Å². The van der Waals surface area contributed by atoms with E-state index < -0.39 is 0 Å². The second-order valence-corrected chi connectivity index (χ2v) is 7.17. The molecule has 21 heavy (non-hydrogen) atoms. The molecule has 0 radical (unpaired) electrons. The number of benzene rings is 1. The predicted molar refractivity (Wildman–Crippen MR) is 85.0 cm³/mol. The van der Waals surface area contributed by atoms with Crippen molar-refractivity contribution in [1.82, 2.24) is 10.2 Å². The maximum atomic E-state index is 11.6. The van der Waals surface area contributed by atoms with Crippen LogP contribution in [0.1, 0.15) is 32.3 Å². The van der Waals surface area contributed by atoms with Gasteiger partial charge in [0.2, 0.25) is 0 Å². The first-order chi connectivity index (χ1) is 10.0. The van der Waals surface area contributed by atoms with E-state index in [1.165, 1.54) is 23.3 Å². The third-order valence-corrected chi connectivity index (χ3v) is 6.20. The van der Waals surface area contributed by atoms with Crippen molar-refractivity contribution in [2.45, 2.75) is 42.4 Å². The van der Waals surface area contributed by atoms with Gasteiger partial charge in [0.15, 0.2) is 0 Å². The number of ether oxygens (including phenoxy) is 1. The summed E-state index contributed by atoms with van der Waals surface area (Å²) in [5.41, 5.74) is 1.47. The van der Waals surface area contributed by atoms with Crippen LogP contribution in [0.3, 0.4) is 0 Å². The summed E-state index contributed by atoms with van der Waals surface area (Å²) in [5.74, 6) is 0.635. The quantitative estimate of drug-likeness (QED) is 0.911. The van der Waals surface area contributed by atoms with E-state index in [4.69, 9.17) is 4.74 Å². The number of likely N-dealkylation sites (tertiary alicyclic amines) is 1. The van der Waals surface area contributed by atoms with E-state index in [1.807, 2.05) is 24.8 Å². The summed E-state index contributed by atoms with van der Waals surface area (Å²) in [6, 6.07) is 6.03. The van der Waals surface area contributed by atoms with Crippen LogP contribution in [0.5, 0.6) is 5.75 Å². The number of amides is 1. The van der Waals surface area contributed by atoms with E-state index >= 15 is 0 Å². The van der Waals surface area contributed by atoms with E-state index in [9.17, 15) is 4.79 Å². The number of nitrogens with one attached hydrogen (secondary N) is 1. The lowest BCUT2D eigenvalue weighted by atomic mass is 9.76. The molecule has 1 amide bonds. The second-order valence-electron chi connectivity index (χ2n) is 6.05. The molecular formula is C16H22N2O2S. The highest BCUT2D eigenvalue weighted by Gasteiger charge is 2.47. The highest BCUT2D eigenvalue weighted by molar-refractivity contribution is 8.00. The molecule has 0 spiro atoms. The zero-order chi connectivity index (χ0) is 15.0. The van der Waals surface area contributed by atoms with Crippen LogP contribution in [0.15, 0.2) is 23.1 Å². The molecule has 3 rings (SSSR count). The van der Waals surface area contributed by atoms with Gasteiger partial charge in [0.25, 0.3) is 0 Å². The number of likely N-dealkylation sites (N-methyl/N-ethyl adjacent to an activating group) is 1. The maximum absolute atomic E-state index is 11.6. The van der Waals surface area contributed by atoms with Crippen molar-refractivity contribution < 1.29 is 9.53 Å². The van der Waals surface area contributed by atoms with Crippen LogP contribution < -0.4 is 10.1 Å². The van der Waals surface area contributed by atoms with Gasteiger partial charge in [-0.1, -0.05) is 6.92 Å². The first-order valence-corrected chi connectivity index (χ1v) is 8.39. The molecule has 0 aromatic heterocycles. The summed E-state index contributed by atoms with van der Waals surface area (Å²) in [4.78, 5) is 15.3. The molecule has 4 nitrogen and oxygen atoms in total. The van der Waals surface area contributed by atoms with E-state index in [0.29, 0.717) is 17.7 Å². The van der Waals surface area contributed by atoms with E-state index in [2.05, 4.69) is 36.3 Å². The molecule has 1 N–H and O–H groups in total. The van der Waals surface area contributed by atoms with Crippen LogP contribution in [0, 0.1) is 0 Å². The lowest BCUT2D eigenvalue weighted by Crippen LogP contribution is -2.47. The van der Waals surface area contributed by atoms with Gasteiger partial charge in [-0.25, -0.2) is 4.79 Å². The number of nitrogens with zero attached hydrogens (tertiary/aromatic N) is 1. The number of carbonyl (C=O) groups excluding carboxylic acids is 1. The Kier molecular flexibility index (Phi) is 3.88. The van der Waals surface area contributed by atoms with Crippen LogP contribution in [0.2, 0.25) is 0 Å². The van der Waals surface area contributed by atoms with Crippen molar-refractivity contribution in [3.8, 4) is 5.75 Å². The van der Waals surface area contributed by atoms with Gasteiger partial charge in [-0.05, 0) is 57.1 Å². The van der Waals surface area contributed by atoms with Crippen molar-refractivity contribution in [2.75, 3.05) is 20.1 Å². The normalized spacial score (nSPS) is 27.9. The molecular weight excluding hydrogens is 284 g/mol. The lowest BCUT2D eigenvalue weighted by molar-refractivity contribution is 0.167. The molecule has 1 aromatic carbocycles. The summed E-state index contributed by atoms with van der Waals surface area (Å²) >= 11 is 1.93. The lowest BCUT2D eigenvalue weighted by Gasteiger charge is -2.42. The Bertz CT molecular complexity index is 563. The Morgan fingerprint density at radius 1 is 1.57 bits per heavy atom. The number of piperidine rings is 1. The second kappa shape index (κ2) is 5.54. The molecule has 114 valence electrons. The van der Waals surface area contributed by atoms with Gasteiger partial charge >= 0.3 is 6.09 Å². The SMILES string of the molecule is CCNC(=O)Oc1ccc2c(c1)[C@]1(C)CCCN(C)[C@@H]1S2. The average Bonchev–Trinajstić information content (AvgIpc) is 2.73. The summed E-state index contributed by atoms with van der Waals surface area (Å²) in [6.45, 7) is 5.94. The zero-order valence-corrected chi connectivity index (χ0v) is 13.6. The fourth-order valence-electron chi connectivity index (χ4n) is 3.44. The predicted octanol–water partition coefficient (Wildman–Crippen LogP) is 3.21. The first kappa shape index (κ1) is 14.7.